The van der Waals surface area contributed by atoms with Crippen LogP contribution in [0.15, 0.2) is 24.3 Å². The fourth-order valence-electron chi connectivity index (χ4n) is 3.60. The van der Waals surface area contributed by atoms with Crippen LogP contribution >= 0.6 is 24.8 Å². The highest BCUT2D eigenvalue weighted by Crippen LogP contribution is 2.27. The largest absolute Gasteiger partial charge is 0.340 e. The molecule has 0 bridgehead atoms. The number of benzene rings is 1. The summed E-state index contributed by atoms with van der Waals surface area (Å²) in [5.74, 6) is 0.397. The first-order chi connectivity index (χ1) is 12.2. The molecule has 2 aliphatic heterocycles. The van der Waals surface area contributed by atoms with Crippen molar-refractivity contribution in [3.05, 3.63) is 29.8 Å². The van der Waals surface area contributed by atoms with Gasteiger partial charge in [0, 0.05) is 44.8 Å². The third-order valence-corrected chi connectivity index (χ3v) is 5.09. The summed E-state index contributed by atoms with van der Waals surface area (Å²) in [5.41, 5.74) is 2.32. The second-order valence-electron chi connectivity index (χ2n) is 6.79. The number of anilines is 1. The molecule has 1 saturated heterocycles. The van der Waals surface area contributed by atoms with Crippen molar-refractivity contribution in [1.82, 2.24) is 15.1 Å². The second-order valence-corrected chi connectivity index (χ2v) is 6.79. The summed E-state index contributed by atoms with van der Waals surface area (Å²) in [6.07, 6.45) is 2.42. The number of fused-ring (bicyclic) bond motifs is 1. The molecule has 2 aliphatic rings. The third kappa shape index (κ3) is 6.07. The van der Waals surface area contributed by atoms with Crippen LogP contribution in [0.25, 0.3) is 0 Å². The maximum Gasteiger partial charge on any atom is 0.241 e. The quantitative estimate of drug-likeness (QED) is 0.714. The summed E-state index contributed by atoms with van der Waals surface area (Å²) >= 11 is 0. The highest BCUT2D eigenvalue weighted by molar-refractivity contribution is 5.96. The maximum atomic E-state index is 12.7. The van der Waals surface area contributed by atoms with E-state index in [9.17, 15) is 9.59 Å². The van der Waals surface area contributed by atoms with Gasteiger partial charge in [-0.3, -0.25) is 14.5 Å². The predicted molar refractivity (Wildman–Crippen MR) is 113 cm³/mol. The van der Waals surface area contributed by atoms with Gasteiger partial charge in [0.25, 0.3) is 0 Å². The first kappa shape index (κ1) is 23.7. The fraction of sp³-hybridized carbons (Fsp3) is 0.579. The lowest BCUT2D eigenvalue weighted by Crippen LogP contribution is -2.51. The van der Waals surface area contributed by atoms with E-state index in [4.69, 9.17) is 0 Å². The van der Waals surface area contributed by atoms with Crippen molar-refractivity contribution in [3.8, 4) is 0 Å². The minimum Gasteiger partial charge on any atom is -0.340 e. The highest BCUT2D eigenvalue weighted by Gasteiger charge is 2.27. The van der Waals surface area contributed by atoms with Crippen LogP contribution in [0.1, 0.15) is 18.4 Å². The number of rotatable bonds is 6. The molecule has 2 heterocycles. The molecule has 1 aromatic carbocycles. The van der Waals surface area contributed by atoms with Crippen LogP contribution < -0.4 is 10.2 Å². The Labute approximate surface area is 174 Å². The number of amides is 2. The van der Waals surface area contributed by atoms with E-state index in [0.717, 1.165) is 57.8 Å². The summed E-state index contributed by atoms with van der Waals surface area (Å²) in [4.78, 5) is 30.8. The summed E-state index contributed by atoms with van der Waals surface area (Å²) in [6.45, 7) is 5.10. The summed E-state index contributed by atoms with van der Waals surface area (Å²) < 4.78 is 0. The summed E-state index contributed by atoms with van der Waals surface area (Å²) in [5, 5.41) is 3.07. The molecule has 0 aliphatic carbocycles. The standard InChI is InChI=1S/C19H28N4O2.2ClH/c1-20-9-4-7-18(24)22-13-11-21(12-14-22)15-19(25)23-10-8-16-5-2-3-6-17(16)23;;/h2-3,5-6,20H,4,7-15H2,1H3;2*1H. The highest BCUT2D eigenvalue weighted by atomic mass is 35.5. The predicted octanol–water partition coefficient (Wildman–Crippen LogP) is 1.56. The minimum atomic E-state index is 0. The molecule has 3 rings (SSSR count). The number of nitrogens with one attached hydrogen (secondary N) is 1. The Morgan fingerprint density at radius 1 is 1.00 bits per heavy atom. The van der Waals surface area contributed by atoms with E-state index in [1.54, 1.807) is 0 Å². The van der Waals surface area contributed by atoms with E-state index in [1.165, 1.54) is 5.56 Å². The molecular formula is C19H30Cl2N4O2. The lowest BCUT2D eigenvalue weighted by atomic mass is 10.2. The number of carbonyl (C=O) groups is 2. The van der Waals surface area contributed by atoms with Gasteiger partial charge in [0.1, 0.15) is 0 Å². The minimum absolute atomic E-state index is 0. The molecule has 1 N–H and O–H groups in total. The SMILES string of the molecule is CNCCCC(=O)N1CCN(CC(=O)N2CCc3ccccc32)CC1.Cl.Cl. The Morgan fingerprint density at radius 2 is 1.70 bits per heavy atom. The molecule has 0 spiro atoms. The van der Waals surface area contributed by atoms with Gasteiger partial charge >= 0.3 is 0 Å². The number of piperazine rings is 1. The van der Waals surface area contributed by atoms with Crippen molar-refractivity contribution < 1.29 is 9.59 Å². The average Bonchev–Trinajstić information content (AvgIpc) is 3.06. The van der Waals surface area contributed by atoms with Gasteiger partial charge in [-0.15, -0.1) is 24.8 Å². The number of carbonyl (C=O) groups excluding carboxylic acids is 2. The zero-order valence-corrected chi connectivity index (χ0v) is 17.5. The van der Waals surface area contributed by atoms with Crippen LogP contribution in [0.4, 0.5) is 5.69 Å². The molecular weight excluding hydrogens is 387 g/mol. The molecule has 0 radical (unpaired) electrons. The number of para-hydroxylation sites is 1. The normalized spacial score (nSPS) is 16.3. The Balaban J connectivity index is 0.00000182. The zero-order chi connectivity index (χ0) is 17.6. The molecule has 27 heavy (non-hydrogen) atoms. The van der Waals surface area contributed by atoms with Crippen molar-refractivity contribution in [2.24, 2.45) is 0 Å². The first-order valence-electron chi connectivity index (χ1n) is 9.22. The van der Waals surface area contributed by atoms with Gasteiger partial charge in [-0.1, -0.05) is 18.2 Å². The topological polar surface area (TPSA) is 55.9 Å². The molecule has 0 atom stereocenters. The van der Waals surface area contributed by atoms with Crippen LogP contribution in [0.3, 0.4) is 0 Å². The van der Waals surface area contributed by atoms with Crippen molar-refractivity contribution in [1.29, 1.82) is 0 Å². The fourth-order valence-corrected chi connectivity index (χ4v) is 3.60. The Hall–Kier alpha value is -1.34. The van der Waals surface area contributed by atoms with Gasteiger partial charge in [-0.25, -0.2) is 0 Å². The first-order valence-corrected chi connectivity index (χ1v) is 9.22. The van der Waals surface area contributed by atoms with Gasteiger partial charge < -0.3 is 15.1 Å². The average molecular weight is 417 g/mol. The molecule has 6 nitrogen and oxygen atoms in total. The molecule has 0 aromatic heterocycles. The van der Waals surface area contributed by atoms with Crippen LogP contribution in [-0.4, -0.2) is 74.5 Å². The van der Waals surface area contributed by atoms with E-state index < -0.39 is 0 Å². The van der Waals surface area contributed by atoms with Crippen molar-refractivity contribution in [2.45, 2.75) is 19.3 Å². The second kappa shape index (κ2) is 11.5. The molecule has 1 aromatic rings. The lowest BCUT2D eigenvalue weighted by Gasteiger charge is -2.35. The molecule has 152 valence electrons. The van der Waals surface area contributed by atoms with Crippen molar-refractivity contribution in [3.63, 3.8) is 0 Å². The number of hydrogen-bond acceptors (Lipinski definition) is 4. The van der Waals surface area contributed by atoms with Crippen molar-refractivity contribution in [2.75, 3.05) is 57.8 Å². The molecule has 1 fully saturated rings. The van der Waals surface area contributed by atoms with Crippen molar-refractivity contribution >= 4 is 42.3 Å². The van der Waals surface area contributed by atoms with Gasteiger partial charge in [-0.05, 0) is 38.1 Å². The van der Waals surface area contributed by atoms with Gasteiger partial charge in [0.15, 0.2) is 0 Å². The van der Waals surface area contributed by atoms with Crippen LogP contribution in [0, 0.1) is 0 Å². The van der Waals surface area contributed by atoms with Crippen LogP contribution in [0.2, 0.25) is 0 Å². The van der Waals surface area contributed by atoms with E-state index in [-0.39, 0.29) is 36.6 Å². The monoisotopic (exact) mass is 416 g/mol. The number of halogens is 2. The van der Waals surface area contributed by atoms with Crippen LogP contribution in [0.5, 0.6) is 0 Å². The molecule has 2 amide bonds. The molecule has 8 heteroatoms. The van der Waals surface area contributed by atoms with E-state index >= 15 is 0 Å². The zero-order valence-electron chi connectivity index (χ0n) is 15.9. The van der Waals surface area contributed by atoms with Gasteiger partial charge in [-0.2, -0.15) is 0 Å². The summed E-state index contributed by atoms with van der Waals surface area (Å²) in [7, 11) is 1.90. The smallest absolute Gasteiger partial charge is 0.241 e. The Kier molecular flexibility index (Phi) is 10.1. The van der Waals surface area contributed by atoms with Gasteiger partial charge in [0.2, 0.25) is 11.8 Å². The number of nitrogens with zero attached hydrogens (tertiary/aromatic N) is 3. The number of hydrogen-bond donors (Lipinski definition) is 1. The van der Waals surface area contributed by atoms with E-state index in [2.05, 4.69) is 16.3 Å². The maximum absolute atomic E-state index is 12.7. The van der Waals surface area contributed by atoms with Gasteiger partial charge in [0.05, 0.1) is 6.54 Å². The van der Waals surface area contributed by atoms with E-state index in [1.807, 2.05) is 35.0 Å². The van der Waals surface area contributed by atoms with E-state index in [0.29, 0.717) is 13.0 Å². The Bertz CT molecular complexity index is 621. The molecule has 0 unspecified atom stereocenters. The third-order valence-electron chi connectivity index (χ3n) is 5.09. The van der Waals surface area contributed by atoms with Crippen LogP contribution in [-0.2, 0) is 16.0 Å². The lowest BCUT2D eigenvalue weighted by molar-refractivity contribution is -0.133. The Morgan fingerprint density at radius 3 is 2.41 bits per heavy atom. The molecule has 0 saturated carbocycles. The summed E-state index contributed by atoms with van der Waals surface area (Å²) in [6, 6.07) is 8.14.